The number of hydrogen-bond donors (Lipinski definition) is 2. The molecule has 2 N–H and O–H groups in total. The Balaban J connectivity index is 3.35. The third kappa shape index (κ3) is 4.01. The van der Waals surface area contributed by atoms with E-state index < -0.39 is 29.5 Å². The third-order valence-electron chi connectivity index (χ3n) is 3.66. The quantitative estimate of drug-likeness (QED) is 0.573. The van der Waals surface area contributed by atoms with Crippen molar-refractivity contribution in [3.05, 3.63) is 28.8 Å². The van der Waals surface area contributed by atoms with E-state index in [1.54, 1.807) is 0 Å². The summed E-state index contributed by atoms with van der Waals surface area (Å²) in [6.07, 6.45) is -6.20. The number of rotatable bonds is 5. The maximum Gasteiger partial charge on any atom is 0.455 e. The second-order valence-corrected chi connectivity index (χ2v) is 6.01. The minimum atomic E-state index is -6.20. The second kappa shape index (κ2) is 7.51. The van der Waals surface area contributed by atoms with Crippen molar-refractivity contribution in [2.24, 2.45) is 0 Å². The van der Waals surface area contributed by atoms with Crippen LogP contribution in [0.15, 0.2) is 12.1 Å². The summed E-state index contributed by atoms with van der Waals surface area (Å²) in [5.74, 6) is -10.9. The number of benzene rings is 1. The van der Waals surface area contributed by atoms with Crippen molar-refractivity contribution in [1.29, 1.82) is 0 Å². The first-order chi connectivity index (χ1) is 11.7. The molecule has 0 aliphatic carbocycles. The van der Waals surface area contributed by atoms with Gasteiger partial charge in [0, 0.05) is 25.0 Å². The molecule has 1 atom stereocenters. The fourth-order valence-electron chi connectivity index (χ4n) is 2.41. The van der Waals surface area contributed by atoms with E-state index in [1.807, 2.05) is 0 Å². The molecule has 0 heterocycles. The number of aryl methyl sites for hydroxylation is 2. The number of carbonyl (C=O) groups is 1. The summed E-state index contributed by atoms with van der Waals surface area (Å²) >= 11 is 5.44. The van der Waals surface area contributed by atoms with Crippen LogP contribution >= 0.6 is 11.6 Å². The van der Waals surface area contributed by atoms with Crippen LogP contribution in [0.3, 0.4) is 0 Å². The van der Waals surface area contributed by atoms with Crippen LogP contribution in [0.2, 0.25) is 0 Å². The SMILES string of the molecule is Cc1cc(C(F)(F)C(O)(F)C(F)(F)F)cc(C)c1N(C)C(=O)NCCCl. The van der Waals surface area contributed by atoms with Gasteiger partial charge >= 0.3 is 24.0 Å². The first-order valence-electron chi connectivity index (χ1n) is 7.23. The van der Waals surface area contributed by atoms with E-state index in [0.717, 1.165) is 4.90 Å². The van der Waals surface area contributed by atoms with Crippen LogP contribution in [0.4, 0.5) is 36.8 Å². The topological polar surface area (TPSA) is 52.6 Å². The molecule has 1 unspecified atom stereocenters. The van der Waals surface area contributed by atoms with Crippen LogP contribution in [-0.2, 0) is 5.92 Å². The maximum atomic E-state index is 14.0. The number of anilines is 1. The van der Waals surface area contributed by atoms with Crippen molar-refractivity contribution < 1.29 is 36.2 Å². The number of nitrogens with zero attached hydrogens (tertiary/aromatic N) is 1. The number of urea groups is 1. The number of alkyl halides is 7. The molecular weight excluding hydrogens is 390 g/mol. The Labute approximate surface area is 150 Å². The lowest BCUT2D eigenvalue weighted by molar-refractivity contribution is -0.390. The molecule has 1 aromatic carbocycles. The Kier molecular flexibility index (Phi) is 6.46. The molecule has 26 heavy (non-hydrogen) atoms. The van der Waals surface area contributed by atoms with Crippen molar-refractivity contribution in [1.82, 2.24) is 5.32 Å². The third-order valence-corrected chi connectivity index (χ3v) is 3.85. The van der Waals surface area contributed by atoms with Crippen molar-refractivity contribution in [3.63, 3.8) is 0 Å². The monoisotopic (exact) mass is 406 g/mol. The number of aliphatic hydroxyl groups is 1. The molecule has 0 saturated carbocycles. The van der Waals surface area contributed by atoms with Gasteiger partial charge in [-0.3, -0.25) is 4.90 Å². The Morgan fingerprint density at radius 2 is 1.62 bits per heavy atom. The predicted octanol–water partition coefficient (Wildman–Crippen LogP) is 4.00. The Morgan fingerprint density at radius 1 is 1.15 bits per heavy atom. The van der Waals surface area contributed by atoms with Gasteiger partial charge in [-0.05, 0) is 37.1 Å². The van der Waals surface area contributed by atoms with Gasteiger partial charge in [0.2, 0.25) is 0 Å². The lowest BCUT2D eigenvalue weighted by Gasteiger charge is -2.31. The smallest absolute Gasteiger partial charge is 0.350 e. The largest absolute Gasteiger partial charge is 0.455 e. The highest BCUT2D eigenvalue weighted by molar-refractivity contribution is 6.18. The normalized spacial score (nSPS) is 14.7. The first kappa shape index (κ1) is 22.4. The zero-order chi connectivity index (χ0) is 20.5. The van der Waals surface area contributed by atoms with Gasteiger partial charge in [0.15, 0.2) is 0 Å². The molecule has 4 nitrogen and oxygen atoms in total. The number of amides is 2. The van der Waals surface area contributed by atoms with Crippen LogP contribution in [-0.4, -0.2) is 42.6 Å². The summed E-state index contributed by atoms with van der Waals surface area (Å²) in [5.41, 5.74) is -1.25. The summed E-state index contributed by atoms with van der Waals surface area (Å²) < 4.78 is 78.8. The molecule has 0 radical (unpaired) electrons. The molecule has 0 aliphatic heterocycles. The van der Waals surface area contributed by atoms with Crippen molar-refractivity contribution in [2.45, 2.75) is 31.8 Å². The van der Waals surface area contributed by atoms with Crippen LogP contribution in [0, 0.1) is 13.8 Å². The van der Waals surface area contributed by atoms with Crippen molar-refractivity contribution in [3.8, 4) is 0 Å². The molecule has 0 bridgehead atoms. The molecule has 1 rings (SSSR count). The fraction of sp³-hybridized carbons (Fsp3) is 0.533. The van der Waals surface area contributed by atoms with E-state index >= 15 is 0 Å². The molecule has 11 heteroatoms. The highest BCUT2D eigenvalue weighted by Crippen LogP contribution is 2.49. The molecule has 148 valence electrons. The van der Waals surface area contributed by atoms with Crippen molar-refractivity contribution in [2.75, 3.05) is 24.4 Å². The zero-order valence-electron chi connectivity index (χ0n) is 14.0. The number of nitrogens with one attached hydrogen (secondary N) is 1. The molecule has 0 aliphatic rings. The number of carbonyl (C=O) groups excluding carboxylic acids is 1. The summed E-state index contributed by atoms with van der Waals surface area (Å²) in [4.78, 5) is 13.0. The van der Waals surface area contributed by atoms with Crippen LogP contribution < -0.4 is 10.2 Å². The Bertz CT molecular complexity index is 656. The van der Waals surface area contributed by atoms with Gasteiger partial charge in [-0.2, -0.15) is 26.3 Å². The lowest BCUT2D eigenvalue weighted by atomic mass is 9.95. The maximum absolute atomic E-state index is 14.0. The molecular formula is C15H17ClF6N2O2. The average molecular weight is 407 g/mol. The zero-order valence-corrected chi connectivity index (χ0v) is 14.8. The van der Waals surface area contributed by atoms with Gasteiger partial charge in [-0.25, -0.2) is 4.79 Å². The Morgan fingerprint density at radius 3 is 2.00 bits per heavy atom. The van der Waals surface area contributed by atoms with Gasteiger partial charge in [-0.15, -0.1) is 11.6 Å². The van der Waals surface area contributed by atoms with E-state index in [9.17, 15) is 31.1 Å². The van der Waals surface area contributed by atoms with Gasteiger partial charge in [0.05, 0.1) is 5.69 Å². The molecule has 0 fully saturated rings. The van der Waals surface area contributed by atoms with Gasteiger partial charge in [0.25, 0.3) is 0 Å². The molecule has 2 amide bonds. The molecule has 1 aromatic rings. The fourth-order valence-corrected chi connectivity index (χ4v) is 2.50. The molecule has 0 aromatic heterocycles. The van der Waals surface area contributed by atoms with Crippen LogP contribution in [0.25, 0.3) is 0 Å². The predicted molar refractivity (Wildman–Crippen MR) is 84.4 cm³/mol. The van der Waals surface area contributed by atoms with E-state index in [4.69, 9.17) is 16.7 Å². The molecule has 0 saturated heterocycles. The van der Waals surface area contributed by atoms with Crippen molar-refractivity contribution >= 4 is 23.3 Å². The summed E-state index contributed by atoms with van der Waals surface area (Å²) in [7, 11) is 1.32. The highest BCUT2D eigenvalue weighted by Gasteiger charge is 2.71. The second-order valence-electron chi connectivity index (χ2n) is 5.63. The summed E-state index contributed by atoms with van der Waals surface area (Å²) in [6, 6.07) is 0.558. The van der Waals surface area contributed by atoms with Crippen LogP contribution in [0.1, 0.15) is 16.7 Å². The van der Waals surface area contributed by atoms with Gasteiger partial charge < -0.3 is 10.4 Å². The summed E-state index contributed by atoms with van der Waals surface area (Å²) in [5, 5.41) is 11.2. The number of hydrogen-bond acceptors (Lipinski definition) is 2. The lowest BCUT2D eigenvalue weighted by Crippen LogP contribution is -2.53. The van der Waals surface area contributed by atoms with E-state index in [2.05, 4.69) is 5.32 Å². The minimum absolute atomic E-state index is 0.0128. The summed E-state index contributed by atoms with van der Waals surface area (Å²) in [6.45, 7) is 2.66. The van der Waals surface area contributed by atoms with E-state index in [0.29, 0.717) is 12.1 Å². The molecule has 0 spiro atoms. The van der Waals surface area contributed by atoms with Crippen LogP contribution in [0.5, 0.6) is 0 Å². The van der Waals surface area contributed by atoms with Gasteiger partial charge in [0.1, 0.15) is 0 Å². The average Bonchev–Trinajstić information content (AvgIpc) is 2.50. The van der Waals surface area contributed by atoms with E-state index in [-0.39, 0.29) is 29.2 Å². The standard InChI is InChI=1S/C15H17ClF6N2O2/c1-8-6-10(13(17,18)14(19,26)15(20,21)22)7-9(2)11(8)24(3)12(25)23-5-4-16/h6-7,26H,4-5H2,1-3H3,(H,23,25). The van der Waals surface area contributed by atoms with E-state index in [1.165, 1.54) is 20.9 Å². The Hall–Kier alpha value is -1.68. The highest BCUT2D eigenvalue weighted by atomic mass is 35.5. The van der Waals surface area contributed by atoms with Gasteiger partial charge in [-0.1, -0.05) is 0 Å². The first-order valence-corrected chi connectivity index (χ1v) is 7.77. The number of halogens is 7. The minimum Gasteiger partial charge on any atom is -0.350 e.